The van der Waals surface area contributed by atoms with Gasteiger partial charge in [0.2, 0.25) is 0 Å². The molecule has 0 atom stereocenters. The highest BCUT2D eigenvalue weighted by atomic mass is 16.3. The third-order valence-electron chi connectivity index (χ3n) is 6.06. The van der Waals surface area contributed by atoms with Crippen LogP contribution in [0.15, 0.2) is 45.8 Å². The number of nitrogens with zero attached hydrogens (tertiary/aromatic N) is 5. The zero-order valence-electron chi connectivity index (χ0n) is 19.3. The van der Waals surface area contributed by atoms with E-state index in [0.29, 0.717) is 25.2 Å². The fourth-order valence-electron chi connectivity index (χ4n) is 4.01. The summed E-state index contributed by atoms with van der Waals surface area (Å²) in [4.78, 5) is 18.1. The first kappa shape index (κ1) is 22.0. The molecule has 0 saturated heterocycles. The first-order valence-electron chi connectivity index (χ1n) is 10.9. The summed E-state index contributed by atoms with van der Waals surface area (Å²) in [5.41, 5.74) is 3.53. The van der Waals surface area contributed by atoms with Crippen LogP contribution < -0.4 is 5.56 Å². The Hall–Kier alpha value is -3.26. The molecule has 1 aromatic carbocycles. The van der Waals surface area contributed by atoms with Gasteiger partial charge in [-0.3, -0.25) is 9.69 Å². The number of aryl methyl sites for hydroxylation is 2. The summed E-state index contributed by atoms with van der Waals surface area (Å²) in [7, 11) is 0. The molecule has 0 aliphatic rings. The first-order chi connectivity index (χ1) is 15.3. The van der Waals surface area contributed by atoms with Crippen LogP contribution in [-0.2, 0) is 25.2 Å². The van der Waals surface area contributed by atoms with E-state index in [-0.39, 0.29) is 11.1 Å². The monoisotopic (exact) mass is 434 g/mol. The van der Waals surface area contributed by atoms with Crippen LogP contribution in [0.5, 0.6) is 0 Å². The zero-order chi connectivity index (χ0) is 22.9. The maximum Gasteiger partial charge on any atom is 0.252 e. The number of benzene rings is 1. The molecule has 8 heteroatoms. The molecule has 3 heterocycles. The molecule has 4 aromatic rings. The third-order valence-corrected chi connectivity index (χ3v) is 6.06. The van der Waals surface area contributed by atoms with Crippen molar-refractivity contribution >= 4 is 10.9 Å². The zero-order valence-corrected chi connectivity index (χ0v) is 19.3. The van der Waals surface area contributed by atoms with Crippen LogP contribution in [0.3, 0.4) is 0 Å². The first-order valence-corrected chi connectivity index (χ1v) is 10.9. The van der Waals surface area contributed by atoms with Crippen LogP contribution in [0.1, 0.15) is 55.5 Å². The summed E-state index contributed by atoms with van der Waals surface area (Å²) in [6, 6.07) is 9.97. The minimum absolute atomic E-state index is 0.0811. The molecule has 0 saturated carbocycles. The van der Waals surface area contributed by atoms with E-state index in [2.05, 4.69) is 65.2 Å². The van der Waals surface area contributed by atoms with Gasteiger partial charge >= 0.3 is 0 Å². The molecule has 0 radical (unpaired) electrons. The molecule has 0 aliphatic heterocycles. The maximum absolute atomic E-state index is 12.9. The summed E-state index contributed by atoms with van der Waals surface area (Å²) in [6.07, 6.45) is 2.55. The van der Waals surface area contributed by atoms with Crippen molar-refractivity contribution in [1.82, 2.24) is 30.1 Å². The van der Waals surface area contributed by atoms with Crippen LogP contribution in [-0.4, -0.2) is 30.1 Å². The Kier molecular flexibility index (Phi) is 5.97. The van der Waals surface area contributed by atoms with Crippen LogP contribution in [0, 0.1) is 13.8 Å². The summed E-state index contributed by atoms with van der Waals surface area (Å²) < 4.78 is 7.46. The van der Waals surface area contributed by atoms with E-state index in [9.17, 15) is 4.79 Å². The van der Waals surface area contributed by atoms with Crippen molar-refractivity contribution in [3.63, 3.8) is 0 Å². The Morgan fingerprint density at radius 1 is 1.16 bits per heavy atom. The molecule has 0 amide bonds. The SMILES string of the molecule is CCC(C)(C)n1nnnc1CN(Cc1ccco1)Cc1cc2cc(C)cc(C)c2[nH]c1=O. The second-order valence-corrected chi connectivity index (χ2v) is 9.07. The lowest BCUT2D eigenvalue weighted by Crippen LogP contribution is -2.32. The van der Waals surface area contributed by atoms with Gasteiger partial charge in [-0.1, -0.05) is 18.6 Å². The van der Waals surface area contributed by atoms with Gasteiger partial charge in [0.15, 0.2) is 5.82 Å². The fourth-order valence-corrected chi connectivity index (χ4v) is 4.01. The molecule has 0 aliphatic carbocycles. The number of fused-ring (bicyclic) bond motifs is 1. The van der Waals surface area contributed by atoms with Crippen molar-refractivity contribution in [3.05, 3.63) is 75.2 Å². The van der Waals surface area contributed by atoms with Crippen molar-refractivity contribution in [2.24, 2.45) is 0 Å². The highest BCUT2D eigenvalue weighted by molar-refractivity contribution is 5.82. The van der Waals surface area contributed by atoms with Crippen molar-refractivity contribution in [2.45, 2.75) is 66.2 Å². The maximum atomic E-state index is 12.9. The average molecular weight is 435 g/mol. The number of nitrogens with one attached hydrogen (secondary N) is 1. The van der Waals surface area contributed by atoms with Crippen molar-refractivity contribution in [2.75, 3.05) is 0 Å². The molecule has 8 nitrogen and oxygen atoms in total. The van der Waals surface area contributed by atoms with Gasteiger partial charge in [-0.2, -0.15) is 0 Å². The lowest BCUT2D eigenvalue weighted by atomic mass is 10.0. The Morgan fingerprint density at radius 2 is 1.97 bits per heavy atom. The van der Waals surface area contributed by atoms with E-state index in [4.69, 9.17) is 4.42 Å². The summed E-state index contributed by atoms with van der Waals surface area (Å²) in [6.45, 7) is 11.9. The van der Waals surface area contributed by atoms with E-state index in [1.165, 1.54) is 5.56 Å². The van der Waals surface area contributed by atoms with E-state index in [0.717, 1.165) is 34.5 Å². The predicted octanol–water partition coefficient (Wildman–Crippen LogP) is 4.07. The minimum Gasteiger partial charge on any atom is -0.468 e. The Balaban J connectivity index is 1.69. The molecule has 32 heavy (non-hydrogen) atoms. The summed E-state index contributed by atoms with van der Waals surface area (Å²) in [5.74, 6) is 1.58. The van der Waals surface area contributed by atoms with Gasteiger partial charge in [-0.05, 0) is 79.8 Å². The van der Waals surface area contributed by atoms with Crippen LogP contribution in [0.4, 0.5) is 0 Å². The number of pyridine rings is 1. The van der Waals surface area contributed by atoms with Crippen LogP contribution >= 0.6 is 0 Å². The second kappa shape index (κ2) is 8.70. The van der Waals surface area contributed by atoms with Crippen molar-refractivity contribution in [1.29, 1.82) is 0 Å². The number of rotatable bonds is 8. The number of aromatic amines is 1. The highest BCUT2D eigenvalue weighted by Crippen LogP contribution is 2.22. The number of H-pyrrole nitrogens is 1. The van der Waals surface area contributed by atoms with Crippen molar-refractivity contribution < 1.29 is 4.42 Å². The van der Waals surface area contributed by atoms with E-state index in [1.807, 2.05) is 29.8 Å². The predicted molar refractivity (Wildman–Crippen MR) is 123 cm³/mol. The quantitative estimate of drug-likeness (QED) is 0.449. The number of hydrogen-bond donors (Lipinski definition) is 1. The van der Waals surface area contributed by atoms with E-state index < -0.39 is 0 Å². The van der Waals surface area contributed by atoms with Gasteiger partial charge in [0.25, 0.3) is 5.56 Å². The number of hydrogen-bond acceptors (Lipinski definition) is 6. The Morgan fingerprint density at radius 3 is 2.69 bits per heavy atom. The normalized spacial score (nSPS) is 12.2. The molecule has 0 bridgehead atoms. The van der Waals surface area contributed by atoms with E-state index in [1.54, 1.807) is 6.26 Å². The molecule has 168 valence electrons. The van der Waals surface area contributed by atoms with Gasteiger partial charge in [-0.15, -0.1) is 5.10 Å². The molecule has 0 spiro atoms. The third kappa shape index (κ3) is 4.50. The van der Waals surface area contributed by atoms with Crippen LogP contribution in [0.2, 0.25) is 0 Å². The van der Waals surface area contributed by atoms with Gasteiger partial charge in [-0.25, -0.2) is 4.68 Å². The standard InChI is InChI=1S/C24H30N6O2/c1-6-24(4,5)30-21(26-27-28-30)15-29(14-20-8-7-9-32-20)13-19-12-18-11-16(2)10-17(3)22(18)25-23(19)31/h7-12H,6,13-15H2,1-5H3,(H,25,31). The fraction of sp³-hybridized carbons (Fsp3) is 0.417. The smallest absolute Gasteiger partial charge is 0.252 e. The molecule has 0 unspecified atom stereocenters. The van der Waals surface area contributed by atoms with Gasteiger partial charge in [0, 0.05) is 12.1 Å². The molecule has 4 rings (SSSR count). The molecule has 3 aromatic heterocycles. The number of aromatic nitrogens is 5. The second-order valence-electron chi connectivity index (χ2n) is 9.07. The number of tetrazole rings is 1. The Labute approximate surface area is 187 Å². The summed E-state index contributed by atoms with van der Waals surface area (Å²) in [5, 5.41) is 13.5. The lowest BCUT2D eigenvalue weighted by molar-refractivity contribution is 0.203. The molecular formula is C24H30N6O2. The van der Waals surface area contributed by atoms with Gasteiger partial charge < -0.3 is 9.40 Å². The summed E-state index contributed by atoms with van der Waals surface area (Å²) >= 11 is 0. The minimum atomic E-state index is -0.204. The Bertz CT molecular complexity index is 1270. The lowest BCUT2D eigenvalue weighted by Gasteiger charge is -2.26. The van der Waals surface area contributed by atoms with Gasteiger partial charge in [0.1, 0.15) is 5.76 Å². The largest absolute Gasteiger partial charge is 0.468 e. The van der Waals surface area contributed by atoms with Crippen LogP contribution in [0.25, 0.3) is 10.9 Å². The number of furan rings is 1. The molecule has 0 fully saturated rings. The topological polar surface area (TPSA) is 92.8 Å². The average Bonchev–Trinajstić information content (AvgIpc) is 3.41. The van der Waals surface area contributed by atoms with E-state index >= 15 is 0 Å². The molecule has 1 N–H and O–H groups in total. The van der Waals surface area contributed by atoms with Crippen molar-refractivity contribution in [3.8, 4) is 0 Å². The highest BCUT2D eigenvalue weighted by Gasteiger charge is 2.25. The van der Waals surface area contributed by atoms with Gasteiger partial charge in [0.05, 0.1) is 30.4 Å². The molecular weight excluding hydrogens is 404 g/mol.